The molecule has 32 heavy (non-hydrogen) atoms. The zero-order valence-electron chi connectivity index (χ0n) is 18.4. The van der Waals surface area contributed by atoms with E-state index < -0.39 is 18.0 Å². The second kappa shape index (κ2) is 9.40. The van der Waals surface area contributed by atoms with Crippen molar-refractivity contribution < 1.29 is 19.1 Å². The molecule has 168 valence electrons. The molecule has 0 saturated carbocycles. The number of hydrogen-bond donors (Lipinski definition) is 1. The van der Waals surface area contributed by atoms with Crippen LogP contribution in [-0.4, -0.2) is 34.9 Å². The van der Waals surface area contributed by atoms with Crippen LogP contribution < -0.4 is 15.6 Å². The molecule has 0 aliphatic rings. The van der Waals surface area contributed by atoms with Crippen LogP contribution in [0.1, 0.15) is 42.9 Å². The van der Waals surface area contributed by atoms with Crippen molar-refractivity contribution in [1.82, 2.24) is 9.78 Å². The SMILES string of the molecule is COc1cc(Cl)c(C)cc1NC(=O)C(C)OC(=O)c1nn(C(C)C)c(=O)c2ccccc12. The third-order valence-electron chi connectivity index (χ3n) is 4.90. The molecule has 1 atom stereocenters. The lowest BCUT2D eigenvalue weighted by atomic mass is 10.1. The number of esters is 1. The summed E-state index contributed by atoms with van der Waals surface area (Å²) in [5.74, 6) is -0.985. The highest BCUT2D eigenvalue weighted by molar-refractivity contribution is 6.31. The van der Waals surface area contributed by atoms with Gasteiger partial charge in [-0.1, -0.05) is 29.8 Å². The highest BCUT2D eigenvalue weighted by Gasteiger charge is 2.24. The fraction of sp³-hybridized carbons (Fsp3) is 0.304. The van der Waals surface area contributed by atoms with Crippen molar-refractivity contribution in [2.75, 3.05) is 12.4 Å². The molecule has 3 aromatic rings. The summed E-state index contributed by atoms with van der Waals surface area (Å²) in [6, 6.07) is 9.65. The molecule has 0 aliphatic carbocycles. The molecule has 0 fully saturated rings. The van der Waals surface area contributed by atoms with Gasteiger partial charge in [-0.3, -0.25) is 9.59 Å². The molecule has 1 unspecified atom stereocenters. The van der Waals surface area contributed by atoms with Crippen LogP contribution in [0, 0.1) is 6.92 Å². The van der Waals surface area contributed by atoms with Crippen molar-refractivity contribution in [2.45, 2.75) is 39.8 Å². The van der Waals surface area contributed by atoms with E-state index >= 15 is 0 Å². The van der Waals surface area contributed by atoms with Crippen LogP contribution in [0.25, 0.3) is 10.8 Å². The summed E-state index contributed by atoms with van der Waals surface area (Å²) >= 11 is 6.10. The number of aromatic nitrogens is 2. The molecular weight excluding hydrogens is 434 g/mol. The predicted molar refractivity (Wildman–Crippen MR) is 123 cm³/mol. The van der Waals surface area contributed by atoms with Crippen molar-refractivity contribution >= 4 is 39.9 Å². The number of anilines is 1. The molecule has 0 saturated heterocycles. The third-order valence-corrected chi connectivity index (χ3v) is 5.31. The number of ether oxygens (including phenoxy) is 2. The van der Waals surface area contributed by atoms with Gasteiger partial charge in [-0.05, 0) is 45.4 Å². The molecule has 8 nitrogen and oxygen atoms in total. The van der Waals surface area contributed by atoms with Gasteiger partial charge < -0.3 is 14.8 Å². The molecule has 3 rings (SSSR count). The van der Waals surface area contributed by atoms with E-state index in [1.165, 1.54) is 18.7 Å². The summed E-state index contributed by atoms with van der Waals surface area (Å²) in [6.07, 6.45) is -1.14. The van der Waals surface area contributed by atoms with E-state index in [1.54, 1.807) is 57.2 Å². The fourth-order valence-electron chi connectivity index (χ4n) is 3.14. The average Bonchev–Trinajstić information content (AvgIpc) is 2.76. The van der Waals surface area contributed by atoms with Gasteiger partial charge in [0.15, 0.2) is 11.8 Å². The Morgan fingerprint density at radius 1 is 1.12 bits per heavy atom. The molecule has 1 amide bonds. The summed E-state index contributed by atoms with van der Waals surface area (Å²) in [7, 11) is 1.46. The van der Waals surface area contributed by atoms with Gasteiger partial charge in [0.05, 0.1) is 24.2 Å². The zero-order chi connectivity index (χ0) is 23.6. The maximum Gasteiger partial charge on any atom is 0.360 e. The van der Waals surface area contributed by atoms with Crippen molar-refractivity contribution in [3.63, 3.8) is 0 Å². The first kappa shape index (κ1) is 23.3. The lowest BCUT2D eigenvalue weighted by Crippen LogP contribution is -2.32. The standard InChI is InChI=1S/C23H24ClN3O5/c1-12(2)27-22(29)16-9-7-6-8-15(16)20(26-27)23(30)32-14(4)21(28)25-18-10-13(3)17(24)11-19(18)31-5/h6-12,14H,1-5H3,(H,25,28). The van der Waals surface area contributed by atoms with E-state index in [4.69, 9.17) is 21.1 Å². The molecule has 0 bridgehead atoms. The van der Waals surface area contributed by atoms with E-state index in [0.717, 1.165) is 5.56 Å². The van der Waals surface area contributed by atoms with Crippen LogP contribution in [0.5, 0.6) is 5.75 Å². The molecule has 1 N–H and O–H groups in total. The molecule has 9 heteroatoms. The Morgan fingerprint density at radius 2 is 1.78 bits per heavy atom. The van der Waals surface area contributed by atoms with Crippen molar-refractivity contribution in [1.29, 1.82) is 0 Å². The van der Waals surface area contributed by atoms with E-state index in [2.05, 4.69) is 10.4 Å². The van der Waals surface area contributed by atoms with Gasteiger partial charge >= 0.3 is 5.97 Å². The minimum Gasteiger partial charge on any atom is -0.495 e. The van der Waals surface area contributed by atoms with Gasteiger partial charge in [-0.15, -0.1) is 0 Å². The second-order valence-corrected chi connectivity index (χ2v) is 7.98. The largest absolute Gasteiger partial charge is 0.495 e. The van der Waals surface area contributed by atoms with E-state index in [0.29, 0.717) is 27.2 Å². The fourth-order valence-corrected chi connectivity index (χ4v) is 3.30. The Kier molecular flexibility index (Phi) is 6.84. The van der Waals surface area contributed by atoms with Crippen molar-refractivity contribution in [3.8, 4) is 5.75 Å². The average molecular weight is 458 g/mol. The summed E-state index contributed by atoms with van der Waals surface area (Å²) in [5, 5.41) is 8.10. The lowest BCUT2D eigenvalue weighted by molar-refractivity contribution is -0.123. The molecule has 0 spiro atoms. The topological polar surface area (TPSA) is 99.5 Å². The van der Waals surface area contributed by atoms with Crippen LogP contribution in [0.3, 0.4) is 0 Å². The predicted octanol–water partition coefficient (Wildman–Crippen LogP) is 4.13. The van der Waals surface area contributed by atoms with Gasteiger partial charge in [0.1, 0.15) is 5.75 Å². The van der Waals surface area contributed by atoms with Gasteiger partial charge in [0.25, 0.3) is 11.5 Å². The lowest BCUT2D eigenvalue weighted by Gasteiger charge is -2.17. The summed E-state index contributed by atoms with van der Waals surface area (Å²) in [4.78, 5) is 38.2. The highest BCUT2D eigenvalue weighted by atomic mass is 35.5. The van der Waals surface area contributed by atoms with Crippen LogP contribution in [0.2, 0.25) is 5.02 Å². The first-order chi connectivity index (χ1) is 15.1. The smallest absolute Gasteiger partial charge is 0.360 e. The van der Waals surface area contributed by atoms with Gasteiger partial charge in [0, 0.05) is 16.5 Å². The number of rotatable bonds is 6. The minimum atomic E-state index is -1.14. The Morgan fingerprint density at radius 3 is 2.41 bits per heavy atom. The zero-order valence-corrected chi connectivity index (χ0v) is 19.2. The number of fused-ring (bicyclic) bond motifs is 1. The van der Waals surface area contributed by atoms with Crippen LogP contribution >= 0.6 is 11.6 Å². The van der Waals surface area contributed by atoms with Gasteiger partial charge in [-0.25, -0.2) is 9.48 Å². The van der Waals surface area contributed by atoms with Gasteiger partial charge in [-0.2, -0.15) is 5.10 Å². The highest BCUT2D eigenvalue weighted by Crippen LogP contribution is 2.31. The number of hydrogen-bond acceptors (Lipinski definition) is 6. The van der Waals surface area contributed by atoms with Crippen molar-refractivity contribution in [3.05, 3.63) is 63.0 Å². The molecular formula is C23H24ClN3O5. The molecule has 1 heterocycles. The number of methoxy groups -OCH3 is 1. The molecule has 0 aliphatic heterocycles. The van der Waals surface area contributed by atoms with Crippen molar-refractivity contribution in [2.24, 2.45) is 0 Å². The van der Waals surface area contributed by atoms with E-state index in [9.17, 15) is 14.4 Å². The quantitative estimate of drug-likeness (QED) is 0.558. The first-order valence-corrected chi connectivity index (χ1v) is 10.4. The van der Waals surface area contributed by atoms with Gasteiger partial charge in [0.2, 0.25) is 0 Å². The summed E-state index contributed by atoms with van der Waals surface area (Å²) < 4.78 is 11.9. The maximum absolute atomic E-state index is 12.9. The first-order valence-electron chi connectivity index (χ1n) is 10.0. The number of halogens is 1. The number of benzene rings is 2. The molecule has 2 aromatic carbocycles. The van der Waals surface area contributed by atoms with Crippen LogP contribution in [0.15, 0.2) is 41.2 Å². The van der Waals surface area contributed by atoms with Crippen LogP contribution in [-0.2, 0) is 9.53 Å². The molecule has 1 aromatic heterocycles. The number of amides is 1. The Bertz CT molecular complexity index is 1250. The van der Waals surface area contributed by atoms with E-state index in [-0.39, 0.29) is 17.3 Å². The summed E-state index contributed by atoms with van der Waals surface area (Å²) in [6.45, 7) is 6.82. The number of nitrogens with one attached hydrogen (secondary N) is 1. The minimum absolute atomic E-state index is 0.0338. The number of nitrogens with zero attached hydrogens (tertiary/aromatic N) is 2. The maximum atomic E-state index is 12.9. The number of carbonyl (C=O) groups excluding carboxylic acids is 2. The Balaban J connectivity index is 1.87. The second-order valence-electron chi connectivity index (χ2n) is 7.58. The van der Waals surface area contributed by atoms with Crippen LogP contribution in [0.4, 0.5) is 5.69 Å². The monoisotopic (exact) mass is 457 g/mol. The van der Waals surface area contributed by atoms with E-state index in [1.807, 2.05) is 0 Å². The Hall–Kier alpha value is -3.39. The number of carbonyl (C=O) groups is 2. The normalized spacial score (nSPS) is 12.0. The third kappa shape index (κ3) is 4.60. The molecule has 0 radical (unpaired) electrons. The number of aryl methyl sites for hydroxylation is 1. The Labute approximate surface area is 190 Å². The summed E-state index contributed by atoms with van der Waals surface area (Å²) in [5.41, 5.74) is 0.815.